The van der Waals surface area contributed by atoms with E-state index in [9.17, 15) is 27.6 Å². The summed E-state index contributed by atoms with van der Waals surface area (Å²) >= 11 is 0. The number of sulfonamides is 1. The minimum Gasteiger partial charge on any atom is -0.472 e. The number of nitrogens with one attached hydrogen (secondary N) is 3. The van der Waals surface area contributed by atoms with Crippen LogP contribution in [0.25, 0.3) is 0 Å². The molecule has 3 N–H and O–H groups in total. The summed E-state index contributed by atoms with van der Waals surface area (Å²) in [6, 6.07) is -0.634. The maximum absolute atomic E-state index is 14.1. The molecule has 1 aromatic rings. The van der Waals surface area contributed by atoms with Gasteiger partial charge in [0.2, 0.25) is 33.7 Å². The molecule has 2 aliphatic heterocycles. The summed E-state index contributed by atoms with van der Waals surface area (Å²) in [5.41, 5.74) is -2.32. The Kier molecular flexibility index (Phi) is 9.69. The van der Waals surface area contributed by atoms with Crippen molar-refractivity contribution in [2.24, 2.45) is 11.3 Å². The molecule has 47 heavy (non-hydrogen) atoms. The first-order chi connectivity index (χ1) is 22.2. The molecule has 0 aromatic carbocycles. The van der Waals surface area contributed by atoms with Crippen LogP contribution >= 0.6 is 0 Å². The van der Waals surface area contributed by atoms with Crippen molar-refractivity contribution in [1.82, 2.24) is 30.2 Å². The molecule has 4 aliphatic rings. The molecule has 0 bridgehead atoms. The molecular formula is C30H43N7O9S. The van der Waals surface area contributed by atoms with Crippen LogP contribution in [0.1, 0.15) is 46.5 Å². The minimum atomic E-state index is -3.88. The van der Waals surface area contributed by atoms with Gasteiger partial charge in [0.25, 0.3) is 5.91 Å². The van der Waals surface area contributed by atoms with E-state index in [0.29, 0.717) is 45.1 Å². The number of hydrogen-bond acceptors (Lipinski definition) is 12. The van der Waals surface area contributed by atoms with E-state index in [2.05, 4.69) is 31.9 Å². The first-order valence-corrected chi connectivity index (χ1v) is 17.2. The zero-order valence-corrected chi connectivity index (χ0v) is 27.9. The van der Waals surface area contributed by atoms with Gasteiger partial charge in [0, 0.05) is 37.7 Å². The monoisotopic (exact) mass is 677 g/mol. The Hall–Kier alpha value is -3.99. The molecule has 0 spiro atoms. The molecule has 2 unspecified atom stereocenters. The van der Waals surface area contributed by atoms with E-state index < -0.39 is 74.1 Å². The van der Waals surface area contributed by atoms with Crippen molar-refractivity contribution in [3.05, 3.63) is 24.9 Å². The molecule has 4 amide bonds. The van der Waals surface area contributed by atoms with Crippen LogP contribution in [-0.4, -0.2) is 116 Å². The van der Waals surface area contributed by atoms with E-state index in [1.165, 1.54) is 18.1 Å². The predicted molar refractivity (Wildman–Crippen MR) is 168 cm³/mol. The number of methoxy groups -OCH3 is 1. The number of aromatic nitrogens is 2. The topological polar surface area (TPSA) is 198 Å². The van der Waals surface area contributed by atoms with Crippen LogP contribution in [-0.2, 0) is 33.9 Å². The van der Waals surface area contributed by atoms with Gasteiger partial charge in [-0.3, -0.25) is 19.1 Å². The second kappa shape index (κ2) is 13.3. The fraction of sp³-hybridized carbons (Fsp3) is 0.667. The Bertz CT molecular complexity index is 1510. The predicted octanol–water partition coefficient (Wildman–Crippen LogP) is 0.102. The van der Waals surface area contributed by atoms with Gasteiger partial charge in [0.05, 0.1) is 32.1 Å². The molecule has 0 radical (unpaired) electrons. The Labute approximate surface area is 274 Å². The maximum atomic E-state index is 14.1. The third-order valence-corrected chi connectivity index (χ3v) is 10.7. The number of carbonyl (C=O) groups is 4. The number of nitrogens with zero attached hydrogens (tertiary/aromatic N) is 4. The molecule has 258 valence electrons. The van der Waals surface area contributed by atoms with Crippen molar-refractivity contribution >= 4 is 39.8 Å². The van der Waals surface area contributed by atoms with Gasteiger partial charge in [-0.05, 0) is 24.7 Å². The lowest BCUT2D eigenvalue weighted by molar-refractivity contribution is -0.142. The SMILES string of the molecule is C=CC1CC1(NC(=O)[C@@H]1C[C@@H](Oc2ccnc(N3CCOCC3)n2)CN1C(=O)[C@@H](NC(=O)OC)C(C)(C)C)C(=O)NS(=O)(=O)C1CC1. The van der Waals surface area contributed by atoms with Crippen molar-refractivity contribution in [1.29, 1.82) is 0 Å². The largest absolute Gasteiger partial charge is 0.472 e. The highest BCUT2D eigenvalue weighted by atomic mass is 32.2. The molecule has 2 saturated heterocycles. The lowest BCUT2D eigenvalue weighted by Crippen LogP contribution is -2.60. The molecule has 2 aliphatic carbocycles. The number of rotatable bonds is 11. The summed E-state index contributed by atoms with van der Waals surface area (Å²) < 4.78 is 43.6. The van der Waals surface area contributed by atoms with Gasteiger partial charge in [-0.25, -0.2) is 18.2 Å². The molecular weight excluding hydrogens is 634 g/mol. The average molecular weight is 678 g/mol. The van der Waals surface area contributed by atoms with E-state index in [0.717, 1.165) is 0 Å². The van der Waals surface area contributed by atoms with Crippen molar-refractivity contribution in [2.75, 3.05) is 44.9 Å². The number of morpholine rings is 1. The van der Waals surface area contributed by atoms with Gasteiger partial charge in [0.15, 0.2) is 0 Å². The Morgan fingerprint density at radius 1 is 1.19 bits per heavy atom. The highest BCUT2D eigenvalue weighted by Crippen LogP contribution is 2.45. The fourth-order valence-corrected chi connectivity index (χ4v) is 7.23. The normalized spacial score (nSPS) is 26.5. The smallest absolute Gasteiger partial charge is 0.407 e. The Morgan fingerprint density at radius 3 is 2.49 bits per heavy atom. The summed E-state index contributed by atoms with van der Waals surface area (Å²) in [5.74, 6) is -1.88. The molecule has 16 nitrogen and oxygen atoms in total. The van der Waals surface area contributed by atoms with Gasteiger partial charge < -0.3 is 34.6 Å². The summed E-state index contributed by atoms with van der Waals surface area (Å²) in [7, 11) is -2.70. The molecule has 5 rings (SSSR count). The van der Waals surface area contributed by atoms with E-state index in [4.69, 9.17) is 14.2 Å². The number of carbonyl (C=O) groups excluding carboxylic acids is 4. The number of hydrogen-bond donors (Lipinski definition) is 3. The van der Waals surface area contributed by atoms with Crippen LogP contribution in [0.5, 0.6) is 5.88 Å². The highest BCUT2D eigenvalue weighted by molar-refractivity contribution is 7.91. The van der Waals surface area contributed by atoms with Crippen molar-refractivity contribution in [2.45, 2.75) is 75.4 Å². The van der Waals surface area contributed by atoms with Crippen molar-refractivity contribution in [3.8, 4) is 5.88 Å². The number of amides is 4. The first kappa shape index (κ1) is 34.3. The molecule has 2 saturated carbocycles. The number of likely N-dealkylation sites (tertiary alicyclic amines) is 1. The van der Waals surface area contributed by atoms with Crippen LogP contribution in [0, 0.1) is 11.3 Å². The Balaban J connectivity index is 1.39. The van der Waals surface area contributed by atoms with E-state index >= 15 is 0 Å². The second-order valence-corrected chi connectivity index (χ2v) is 15.4. The third-order valence-electron chi connectivity index (χ3n) is 8.86. The van der Waals surface area contributed by atoms with Crippen molar-refractivity contribution < 1.29 is 41.8 Å². The quantitative estimate of drug-likeness (QED) is 0.268. The van der Waals surface area contributed by atoms with Crippen LogP contribution < -0.4 is 25.0 Å². The standard InChI is InChI=1S/C30H43N7O9S/c1-6-18-16-30(18,26(40)35-47(42,43)20-7-8-20)34-24(38)21-15-19(17-37(21)25(39)23(29(2,3)4)33-28(41)44-5)46-22-9-10-31-27(32-22)36-11-13-45-14-12-36/h6,9-10,18-21,23H,1,7-8,11-17H2,2-5H3,(H,33,41)(H,34,38)(H,35,40)/t18?,19-,21+,23-,30?/m1/s1. The number of ether oxygens (including phenoxy) is 3. The lowest BCUT2D eigenvalue weighted by atomic mass is 9.85. The van der Waals surface area contributed by atoms with Crippen molar-refractivity contribution in [3.63, 3.8) is 0 Å². The molecule has 4 fully saturated rings. The molecule has 3 heterocycles. The lowest BCUT2D eigenvalue weighted by Gasteiger charge is -2.35. The van der Waals surface area contributed by atoms with Crippen LogP contribution in [0.15, 0.2) is 24.9 Å². The molecule has 1 aromatic heterocycles. The molecule has 5 atom stereocenters. The maximum Gasteiger partial charge on any atom is 0.407 e. The average Bonchev–Trinajstić information content (AvgIpc) is 3.96. The zero-order valence-electron chi connectivity index (χ0n) is 27.1. The van der Waals surface area contributed by atoms with E-state index in [-0.39, 0.29) is 25.3 Å². The first-order valence-electron chi connectivity index (χ1n) is 15.7. The van der Waals surface area contributed by atoms with Crippen LogP contribution in [0.4, 0.5) is 10.7 Å². The van der Waals surface area contributed by atoms with E-state index in [1.54, 1.807) is 33.0 Å². The fourth-order valence-electron chi connectivity index (χ4n) is 5.87. The molecule has 17 heteroatoms. The Morgan fingerprint density at radius 2 is 1.89 bits per heavy atom. The second-order valence-electron chi connectivity index (χ2n) is 13.4. The van der Waals surface area contributed by atoms with Gasteiger partial charge in [-0.1, -0.05) is 26.8 Å². The van der Waals surface area contributed by atoms with Gasteiger partial charge in [-0.2, -0.15) is 4.98 Å². The number of alkyl carbamates (subject to hydrolysis) is 1. The number of anilines is 1. The zero-order chi connectivity index (χ0) is 34.1. The van der Waals surface area contributed by atoms with E-state index in [1.807, 2.05) is 4.90 Å². The highest BCUT2D eigenvalue weighted by Gasteiger charge is 2.62. The summed E-state index contributed by atoms with van der Waals surface area (Å²) in [5, 5.41) is 4.70. The summed E-state index contributed by atoms with van der Waals surface area (Å²) in [6.45, 7) is 11.3. The summed E-state index contributed by atoms with van der Waals surface area (Å²) in [6.07, 6.45) is 2.63. The summed E-state index contributed by atoms with van der Waals surface area (Å²) in [4.78, 5) is 65.9. The van der Waals surface area contributed by atoms with Gasteiger partial charge in [0.1, 0.15) is 23.7 Å². The van der Waals surface area contributed by atoms with Gasteiger partial charge >= 0.3 is 6.09 Å². The third kappa shape index (κ3) is 7.61. The van der Waals surface area contributed by atoms with Crippen LogP contribution in [0.3, 0.4) is 0 Å². The van der Waals surface area contributed by atoms with Crippen LogP contribution in [0.2, 0.25) is 0 Å². The minimum absolute atomic E-state index is 0.0282. The van der Waals surface area contributed by atoms with Gasteiger partial charge in [-0.15, -0.1) is 6.58 Å².